The normalized spacial score (nSPS) is 15.6. The smallest absolute Gasteiger partial charge is 0.222 e. The number of ether oxygens (including phenoxy) is 1. The molecule has 0 unspecified atom stereocenters. The number of unbranched alkanes of at least 4 members (excludes halogenated alkanes) is 1. The van der Waals surface area contributed by atoms with Crippen molar-refractivity contribution in [1.82, 2.24) is 4.90 Å². The van der Waals surface area contributed by atoms with Gasteiger partial charge in [0, 0.05) is 19.5 Å². The lowest BCUT2D eigenvalue weighted by atomic mass is 10.1. The van der Waals surface area contributed by atoms with Crippen molar-refractivity contribution in [2.45, 2.75) is 36.3 Å². The third kappa shape index (κ3) is 3.37. The van der Waals surface area contributed by atoms with Gasteiger partial charge in [-0.1, -0.05) is 13.3 Å². The second-order valence-electron chi connectivity index (χ2n) is 5.24. The van der Waals surface area contributed by atoms with Crippen LogP contribution < -0.4 is 4.74 Å². The van der Waals surface area contributed by atoms with Gasteiger partial charge in [-0.05, 0) is 30.7 Å². The molecule has 0 saturated carbocycles. The van der Waals surface area contributed by atoms with Crippen LogP contribution in [0.25, 0.3) is 0 Å². The molecule has 6 heteroatoms. The topological polar surface area (TPSA) is 63.7 Å². The Morgan fingerprint density at radius 1 is 1.29 bits per heavy atom. The summed E-state index contributed by atoms with van der Waals surface area (Å²) in [6.07, 6.45) is 2.32. The molecule has 1 aromatic carbocycles. The quantitative estimate of drug-likeness (QED) is 0.804. The number of hydrogen-bond donors (Lipinski definition) is 0. The number of methoxy groups -OCH3 is 1. The van der Waals surface area contributed by atoms with Crippen molar-refractivity contribution in [2.75, 3.05) is 20.2 Å². The van der Waals surface area contributed by atoms with Gasteiger partial charge in [-0.3, -0.25) is 4.79 Å². The van der Waals surface area contributed by atoms with E-state index >= 15 is 0 Å². The van der Waals surface area contributed by atoms with Crippen LogP contribution in [0.4, 0.5) is 0 Å². The highest BCUT2D eigenvalue weighted by Crippen LogP contribution is 2.25. The lowest BCUT2D eigenvalue weighted by molar-refractivity contribution is -0.134. The van der Waals surface area contributed by atoms with Gasteiger partial charge in [-0.15, -0.1) is 0 Å². The Morgan fingerprint density at radius 3 is 2.43 bits per heavy atom. The third-order valence-corrected chi connectivity index (χ3v) is 5.88. The Bertz CT molecular complexity index is 589. The molecule has 0 N–H and O–H groups in total. The fourth-order valence-electron chi connectivity index (χ4n) is 2.28. The van der Waals surface area contributed by atoms with E-state index in [1.165, 1.54) is 7.11 Å². The molecule has 1 amide bonds. The zero-order chi connectivity index (χ0) is 15.5. The van der Waals surface area contributed by atoms with Crippen LogP contribution in [0.5, 0.6) is 5.75 Å². The summed E-state index contributed by atoms with van der Waals surface area (Å²) in [5, 5.41) is -0.489. The molecule has 0 aromatic heterocycles. The van der Waals surface area contributed by atoms with E-state index in [0.29, 0.717) is 25.3 Å². The second kappa shape index (κ2) is 6.47. The number of carbonyl (C=O) groups is 1. The van der Waals surface area contributed by atoms with E-state index < -0.39 is 15.1 Å². The average molecular weight is 311 g/mol. The standard InChI is InChI=1S/C15H21NO4S/c1-3-4-5-15(17)16-10-14(11-16)21(18,19)13-8-6-12(20-2)7-9-13/h6-9,14H,3-5,10-11H2,1-2H3. The maximum Gasteiger partial charge on any atom is 0.222 e. The molecule has 0 radical (unpaired) electrons. The molecule has 5 nitrogen and oxygen atoms in total. The van der Waals surface area contributed by atoms with Crippen LogP contribution in [0.15, 0.2) is 29.2 Å². The molecular weight excluding hydrogens is 290 g/mol. The van der Waals surface area contributed by atoms with E-state index in [9.17, 15) is 13.2 Å². The van der Waals surface area contributed by atoms with E-state index in [2.05, 4.69) is 0 Å². The molecule has 0 bridgehead atoms. The number of sulfone groups is 1. The first kappa shape index (κ1) is 15.8. The van der Waals surface area contributed by atoms with Crippen molar-refractivity contribution in [3.63, 3.8) is 0 Å². The van der Waals surface area contributed by atoms with Gasteiger partial charge in [0.05, 0.1) is 12.0 Å². The molecule has 2 rings (SSSR count). The van der Waals surface area contributed by atoms with Gasteiger partial charge in [-0.25, -0.2) is 8.42 Å². The summed E-state index contributed by atoms with van der Waals surface area (Å²) in [4.78, 5) is 13.7. The van der Waals surface area contributed by atoms with Gasteiger partial charge in [0.25, 0.3) is 0 Å². The van der Waals surface area contributed by atoms with Crippen LogP contribution >= 0.6 is 0 Å². The fourth-order valence-corrected chi connectivity index (χ4v) is 3.93. The Kier molecular flexibility index (Phi) is 4.88. The van der Waals surface area contributed by atoms with Crippen LogP contribution in [-0.4, -0.2) is 44.7 Å². The maximum absolute atomic E-state index is 12.4. The van der Waals surface area contributed by atoms with Crippen molar-refractivity contribution >= 4 is 15.7 Å². The monoisotopic (exact) mass is 311 g/mol. The summed E-state index contributed by atoms with van der Waals surface area (Å²) < 4.78 is 29.9. The van der Waals surface area contributed by atoms with E-state index in [0.717, 1.165) is 12.8 Å². The van der Waals surface area contributed by atoms with Gasteiger partial charge < -0.3 is 9.64 Å². The Labute approximate surface area is 125 Å². The summed E-state index contributed by atoms with van der Waals surface area (Å²) in [5.41, 5.74) is 0. The summed E-state index contributed by atoms with van der Waals surface area (Å²) in [6.45, 7) is 2.63. The zero-order valence-electron chi connectivity index (χ0n) is 12.4. The minimum absolute atomic E-state index is 0.0537. The molecule has 1 aromatic rings. The first-order valence-electron chi connectivity index (χ1n) is 7.14. The fraction of sp³-hybridized carbons (Fsp3) is 0.533. The number of rotatable bonds is 6. The SMILES string of the molecule is CCCCC(=O)N1CC(S(=O)(=O)c2ccc(OC)cc2)C1. The molecular formula is C15H21NO4S. The molecule has 1 fully saturated rings. The molecule has 0 atom stereocenters. The number of likely N-dealkylation sites (tertiary alicyclic amines) is 1. The van der Waals surface area contributed by atoms with Gasteiger partial charge in [-0.2, -0.15) is 0 Å². The van der Waals surface area contributed by atoms with E-state index in [1.54, 1.807) is 29.2 Å². The summed E-state index contributed by atoms with van der Waals surface area (Å²) in [5.74, 6) is 0.678. The van der Waals surface area contributed by atoms with E-state index in [-0.39, 0.29) is 10.8 Å². The molecule has 0 aliphatic carbocycles. The maximum atomic E-state index is 12.4. The highest BCUT2D eigenvalue weighted by molar-refractivity contribution is 7.92. The Balaban J connectivity index is 1.98. The van der Waals surface area contributed by atoms with Crippen LogP contribution in [0.3, 0.4) is 0 Å². The predicted molar refractivity (Wildman–Crippen MR) is 80.1 cm³/mol. The number of benzene rings is 1. The highest BCUT2D eigenvalue weighted by Gasteiger charge is 2.40. The number of hydrogen-bond acceptors (Lipinski definition) is 4. The number of nitrogens with zero attached hydrogens (tertiary/aromatic N) is 1. The van der Waals surface area contributed by atoms with Crippen LogP contribution in [0, 0.1) is 0 Å². The van der Waals surface area contributed by atoms with E-state index in [1.807, 2.05) is 6.92 Å². The van der Waals surface area contributed by atoms with Crippen LogP contribution in [0.2, 0.25) is 0 Å². The summed E-state index contributed by atoms with van der Waals surface area (Å²) in [7, 11) is -1.83. The lowest BCUT2D eigenvalue weighted by Gasteiger charge is -2.38. The first-order valence-corrected chi connectivity index (χ1v) is 8.69. The van der Waals surface area contributed by atoms with E-state index in [4.69, 9.17) is 4.74 Å². The average Bonchev–Trinajstić information content (AvgIpc) is 2.43. The third-order valence-electron chi connectivity index (χ3n) is 3.77. The van der Waals surface area contributed by atoms with Crippen molar-refractivity contribution in [1.29, 1.82) is 0 Å². The molecule has 1 saturated heterocycles. The highest BCUT2D eigenvalue weighted by atomic mass is 32.2. The largest absolute Gasteiger partial charge is 0.497 e. The van der Waals surface area contributed by atoms with Gasteiger partial charge in [0.2, 0.25) is 5.91 Å². The number of carbonyl (C=O) groups excluding carboxylic acids is 1. The van der Waals surface area contributed by atoms with Crippen LogP contribution in [-0.2, 0) is 14.6 Å². The molecule has 1 heterocycles. The molecule has 1 aliphatic rings. The molecule has 0 spiro atoms. The molecule has 21 heavy (non-hydrogen) atoms. The van der Waals surface area contributed by atoms with Crippen molar-refractivity contribution < 1.29 is 17.9 Å². The van der Waals surface area contributed by atoms with Gasteiger partial charge >= 0.3 is 0 Å². The lowest BCUT2D eigenvalue weighted by Crippen LogP contribution is -2.56. The number of amides is 1. The molecule has 116 valence electrons. The zero-order valence-corrected chi connectivity index (χ0v) is 13.2. The minimum atomic E-state index is -3.36. The first-order chi connectivity index (χ1) is 9.98. The second-order valence-corrected chi connectivity index (χ2v) is 7.47. The predicted octanol–water partition coefficient (Wildman–Crippen LogP) is 1.87. The van der Waals surface area contributed by atoms with Crippen molar-refractivity contribution in [3.8, 4) is 5.75 Å². The van der Waals surface area contributed by atoms with Gasteiger partial charge in [0.1, 0.15) is 11.0 Å². The Morgan fingerprint density at radius 2 is 1.90 bits per heavy atom. The van der Waals surface area contributed by atoms with Crippen LogP contribution in [0.1, 0.15) is 26.2 Å². The Hall–Kier alpha value is -1.56. The van der Waals surface area contributed by atoms with Crippen molar-refractivity contribution in [2.24, 2.45) is 0 Å². The minimum Gasteiger partial charge on any atom is -0.497 e. The van der Waals surface area contributed by atoms with Crippen molar-refractivity contribution in [3.05, 3.63) is 24.3 Å². The molecule has 1 aliphatic heterocycles. The summed E-state index contributed by atoms with van der Waals surface area (Å²) in [6, 6.07) is 6.37. The summed E-state index contributed by atoms with van der Waals surface area (Å²) >= 11 is 0. The van der Waals surface area contributed by atoms with Gasteiger partial charge in [0.15, 0.2) is 9.84 Å².